The SMILES string of the molecule is COC1CC(C(=O)O)N(C(=O)c2cc3ccc(Cl)cc3[nH]2)C1. The third-order valence-corrected chi connectivity index (χ3v) is 4.19. The Morgan fingerprint density at radius 3 is 2.86 bits per heavy atom. The monoisotopic (exact) mass is 322 g/mol. The Kier molecular flexibility index (Phi) is 3.80. The fourth-order valence-electron chi connectivity index (χ4n) is 2.80. The largest absolute Gasteiger partial charge is 0.480 e. The zero-order valence-electron chi connectivity index (χ0n) is 11.9. The van der Waals surface area contributed by atoms with Crippen molar-refractivity contribution in [1.82, 2.24) is 9.88 Å². The molecule has 1 aromatic heterocycles. The number of H-pyrrole nitrogens is 1. The first-order chi connectivity index (χ1) is 10.5. The Bertz CT molecular complexity index is 742. The topological polar surface area (TPSA) is 82.6 Å². The van der Waals surface area contributed by atoms with E-state index in [9.17, 15) is 14.7 Å². The van der Waals surface area contributed by atoms with Crippen molar-refractivity contribution in [2.24, 2.45) is 0 Å². The fraction of sp³-hybridized carbons (Fsp3) is 0.333. The minimum Gasteiger partial charge on any atom is -0.480 e. The van der Waals surface area contributed by atoms with E-state index in [1.165, 1.54) is 12.0 Å². The lowest BCUT2D eigenvalue weighted by atomic mass is 10.2. The molecule has 0 spiro atoms. The first-order valence-corrected chi connectivity index (χ1v) is 7.22. The van der Waals surface area contributed by atoms with Crippen LogP contribution in [0, 0.1) is 0 Å². The van der Waals surface area contributed by atoms with Crippen LogP contribution in [0.1, 0.15) is 16.9 Å². The van der Waals surface area contributed by atoms with Crippen molar-refractivity contribution in [3.8, 4) is 0 Å². The summed E-state index contributed by atoms with van der Waals surface area (Å²) < 4.78 is 5.20. The van der Waals surface area contributed by atoms with Crippen LogP contribution in [0.4, 0.5) is 0 Å². The summed E-state index contributed by atoms with van der Waals surface area (Å²) >= 11 is 5.93. The number of aromatic nitrogens is 1. The lowest BCUT2D eigenvalue weighted by Crippen LogP contribution is -2.40. The van der Waals surface area contributed by atoms with Gasteiger partial charge in [0.15, 0.2) is 0 Å². The zero-order chi connectivity index (χ0) is 15.9. The molecule has 1 saturated heterocycles. The van der Waals surface area contributed by atoms with E-state index in [1.807, 2.05) is 6.07 Å². The van der Waals surface area contributed by atoms with E-state index in [0.717, 1.165) is 10.9 Å². The standard InChI is InChI=1S/C15H15ClN2O4/c1-22-10-6-13(15(20)21)18(7-10)14(19)12-4-8-2-3-9(16)5-11(8)17-12/h2-5,10,13,17H,6-7H2,1H3,(H,20,21). The van der Waals surface area contributed by atoms with Crippen LogP contribution in [0.2, 0.25) is 5.02 Å². The summed E-state index contributed by atoms with van der Waals surface area (Å²) in [4.78, 5) is 28.3. The van der Waals surface area contributed by atoms with E-state index in [1.54, 1.807) is 18.2 Å². The van der Waals surface area contributed by atoms with Crippen LogP contribution >= 0.6 is 11.6 Å². The summed E-state index contributed by atoms with van der Waals surface area (Å²) in [5.74, 6) is -1.37. The second-order valence-corrected chi connectivity index (χ2v) is 5.76. The van der Waals surface area contributed by atoms with Crippen LogP contribution in [0.25, 0.3) is 10.9 Å². The summed E-state index contributed by atoms with van der Waals surface area (Å²) in [6.45, 7) is 0.266. The van der Waals surface area contributed by atoms with Gasteiger partial charge >= 0.3 is 5.97 Å². The number of carbonyl (C=O) groups excluding carboxylic acids is 1. The number of nitrogens with zero attached hydrogens (tertiary/aromatic N) is 1. The molecule has 1 amide bonds. The van der Waals surface area contributed by atoms with Crippen LogP contribution in [0.5, 0.6) is 0 Å². The molecule has 1 aliphatic rings. The van der Waals surface area contributed by atoms with Gasteiger partial charge in [-0.1, -0.05) is 17.7 Å². The van der Waals surface area contributed by atoms with Gasteiger partial charge in [0, 0.05) is 36.0 Å². The van der Waals surface area contributed by atoms with Crippen molar-refractivity contribution < 1.29 is 19.4 Å². The molecule has 0 radical (unpaired) electrons. The number of carboxylic acids is 1. The van der Waals surface area contributed by atoms with Gasteiger partial charge in [-0.3, -0.25) is 4.79 Å². The van der Waals surface area contributed by atoms with Crippen molar-refractivity contribution in [3.05, 3.63) is 35.0 Å². The van der Waals surface area contributed by atoms with Gasteiger partial charge in [0.05, 0.1) is 6.10 Å². The predicted octanol–water partition coefficient (Wildman–Crippen LogP) is 2.14. The van der Waals surface area contributed by atoms with Crippen LogP contribution in [-0.2, 0) is 9.53 Å². The number of hydrogen-bond acceptors (Lipinski definition) is 3. The van der Waals surface area contributed by atoms with Gasteiger partial charge in [-0.15, -0.1) is 0 Å². The van der Waals surface area contributed by atoms with Gasteiger partial charge in [-0.25, -0.2) is 4.79 Å². The molecule has 2 heterocycles. The minimum atomic E-state index is -1.02. The number of rotatable bonds is 3. The molecule has 1 aromatic carbocycles. The van der Waals surface area contributed by atoms with Gasteiger partial charge in [-0.2, -0.15) is 0 Å². The number of ether oxygens (including phenoxy) is 1. The average Bonchev–Trinajstić information content (AvgIpc) is 3.09. The van der Waals surface area contributed by atoms with Gasteiger partial charge in [0.25, 0.3) is 5.91 Å². The molecule has 1 fully saturated rings. The number of likely N-dealkylation sites (tertiary alicyclic amines) is 1. The quantitative estimate of drug-likeness (QED) is 0.907. The summed E-state index contributed by atoms with van der Waals surface area (Å²) in [6, 6.07) is 6.11. The highest BCUT2D eigenvalue weighted by atomic mass is 35.5. The summed E-state index contributed by atoms with van der Waals surface area (Å²) in [5, 5.41) is 10.7. The maximum atomic E-state index is 12.6. The number of methoxy groups -OCH3 is 1. The zero-order valence-corrected chi connectivity index (χ0v) is 12.6. The van der Waals surface area contributed by atoms with Gasteiger partial charge in [-0.05, 0) is 18.2 Å². The highest BCUT2D eigenvalue weighted by Gasteiger charge is 2.40. The molecule has 0 bridgehead atoms. The fourth-order valence-corrected chi connectivity index (χ4v) is 2.97. The van der Waals surface area contributed by atoms with Crippen molar-refractivity contribution in [1.29, 1.82) is 0 Å². The van der Waals surface area contributed by atoms with E-state index in [4.69, 9.17) is 16.3 Å². The van der Waals surface area contributed by atoms with Crippen LogP contribution in [0.3, 0.4) is 0 Å². The number of hydrogen-bond donors (Lipinski definition) is 2. The summed E-state index contributed by atoms with van der Waals surface area (Å²) in [5.41, 5.74) is 1.09. The van der Waals surface area contributed by atoms with E-state index < -0.39 is 12.0 Å². The Labute approximate surface area is 131 Å². The third-order valence-electron chi connectivity index (χ3n) is 3.96. The highest BCUT2D eigenvalue weighted by Crippen LogP contribution is 2.25. The number of halogens is 1. The van der Waals surface area contributed by atoms with Gasteiger partial charge in [0.2, 0.25) is 0 Å². The molecule has 0 saturated carbocycles. The van der Waals surface area contributed by atoms with Crippen LogP contribution in [-0.4, -0.2) is 52.7 Å². The molecule has 116 valence electrons. The Hall–Kier alpha value is -2.05. The van der Waals surface area contributed by atoms with Crippen molar-refractivity contribution in [2.45, 2.75) is 18.6 Å². The molecule has 0 aliphatic carbocycles. The van der Waals surface area contributed by atoms with E-state index >= 15 is 0 Å². The smallest absolute Gasteiger partial charge is 0.326 e. The maximum Gasteiger partial charge on any atom is 0.326 e. The Morgan fingerprint density at radius 2 is 2.18 bits per heavy atom. The maximum absolute atomic E-state index is 12.6. The number of aliphatic carboxylic acids is 1. The average molecular weight is 323 g/mol. The minimum absolute atomic E-state index is 0.260. The Balaban J connectivity index is 1.92. The number of amides is 1. The highest BCUT2D eigenvalue weighted by molar-refractivity contribution is 6.31. The molecule has 2 unspecified atom stereocenters. The molecular formula is C15H15ClN2O4. The van der Waals surface area contributed by atoms with E-state index in [-0.39, 0.29) is 18.6 Å². The molecule has 2 N–H and O–H groups in total. The van der Waals surface area contributed by atoms with Gasteiger partial charge < -0.3 is 19.7 Å². The second-order valence-electron chi connectivity index (χ2n) is 5.32. The lowest BCUT2D eigenvalue weighted by molar-refractivity contribution is -0.141. The molecule has 7 heteroatoms. The predicted molar refractivity (Wildman–Crippen MR) is 81.2 cm³/mol. The van der Waals surface area contributed by atoms with Crippen LogP contribution in [0.15, 0.2) is 24.3 Å². The number of benzene rings is 1. The summed E-state index contributed by atoms with van der Waals surface area (Å²) in [7, 11) is 1.52. The molecule has 2 aromatic rings. The Morgan fingerprint density at radius 1 is 1.41 bits per heavy atom. The first-order valence-electron chi connectivity index (χ1n) is 6.84. The van der Waals surface area contributed by atoms with Crippen molar-refractivity contribution in [2.75, 3.05) is 13.7 Å². The first kappa shape index (κ1) is 14.9. The number of aromatic amines is 1. The second kappa shape index (κ2) is 5.62. The summed E-state index contributed by atoms with van der Waals surface area (Å²) in [6.07, 6.45) is 0.0350. The van der Waals surface area contributed by atoms with E-state index in [2.05, 4.69) is 4.98 Å². The third kappa shape index (κ3) is 2.55. The number of fused-ring (bicyclic) bond motifs is 1. The van der Waals surface area contributed by atoms with Crippen molar-refractivity contribution >= 4 is 34.4 Å². The van der Waals surface area contributed by atoms with E-state index in [0.29, 0.717) is 17.1 Å². The van der Waals surface area contributed by atoms with Crippen LogP contribution < -0.4 is 0 Å². The molecule has 2 atom stereocenters. The molecular weight excluding hydrogens is 308 g/mol. The van der Waals surface area contributed by atoms with Gasteiger partial charge in [0.1, 0.15) is 11.7 Å². The molecule has 6 nitrogen and oxygen atoms in total. The molecule has 22 heavy (non-hydrogen) atoms. The normalized spacial score (nSPS) is 21.5. The lowest BCUT2D eigenvalue weighted by Gasteiger charge is -2.20. The number of carbonyl (C=O) groups is 2. The molecule has 1 aliphatic heterocycles. The number of nitrogens with one attached hydrogen (secondary N) is 1. The number of carboxylic acid groups (broad SMARTS) is 1. The molecule has 3 rings (SSSR count). The van der Waals surface area contributed by atoms with Crippen molar-refractivity contribution in [3.63, 3.8) is 0 Å².